The van der Waals surface area contributed by atoms with Gasteiger partial charge in [0.05, 0.1) is 29.3 Å². The molecule has 0 aliphatic carbocycles. The number of pyridine rings is 1. The molecule has 0 spiro atoms. The molecule has 1 saturated heterocycles. The molecule has 2 aliphatic heterocycles. The summed E-state index contributed by atoms with van der Waals surface area (Å²) in [6, 6.07) is 8.44. The number of rotatable bonds is 4. The molecule has 0 unspecified atom stereocenters. The first kappa shape index (κ1) is 16.6. The van der Waals surface area contributed by atoms with Crippen LogP contribution in [0.3, 0.4) is 0 Å². The van der Waals surface area contributed by atoms with E-state index < -0.39 is 0 Å². The van der Waals surface area contributed by atoms with Gasteiger partial charge in [0.1, 0.15) is 5.69 Å². The van der Waals surface area contributed by atoms with E-state index >= 15 is 0 Å². The fraction of sp³-hybridized carbons (Fsp3) is 0.350. The number of carbonyl (C=O) groups excluding carboxylic acids is 1. The van der Waals surface area contributed by atoms with Crippen molar-refractivity contribution in [1.29, 1.82) is 0 Å². The van der Waals surface area contributed by atoms with Gasteiger partial charge in [-0.2, -0.15) is 0 Å². The van der Waals surface area contributed by atoms with Crippen LogP contribution >= 0.6 is 11.3 Å². The Hall–Kier alpha value is -2.51. The Morgan fingerprint density at radius 3 is 2.85 bits per heavy atom. The molecule has 5 rings (SSSR count). The predicted molar refractivity (Wildman–Crippen MR) is 103 cm³/mol. The maximum Gasteiger partial charge on any atom is 0.271 e. The first-order valence-electron chi connectivity index (χ1n) is 9.19. The van der Waals surface area contributed by atoms with Gasteiger partial charge in [0, 0.05) is 43.6 Å². The van der Waals surface area contributed by atoms with Gasteiger partial charge >= 0.3 is 0 Å². The maximum absolute atomic E-state index is 13.1. The molecule has 1 fully saturated rings. The highest BCUT2D eigenvalue weighted by molar-refractivity contribution is 7.09. The van der Waals surface area contributed by atoms with Crippen molar-refractivity contribution in [1.82, 2.24) is 24.3 Å². The molecule has 0 saturated carbocycles. The Morgan fingerprint density at radius 2 is 2.07 bits per heavy atom. The van der Waals surface area contributed by atoms with Gasteiger partial charge in [0.2, 0.25) is 0 Å². The van der Waals surface area contributed by atoms with Gasteiger partial charge in [0.25, 0.3) is 5.91 Å². The summed E-state index contributed by atoms with van der Waals surface area (Å²) in [6.07, 6.45) is 5.77. The van der Waals surface area contributed by atoms with E-state index in [9.17, 15) is 4.79 Å². The first-order chi connectivity index (χ1) is 13.2. The van der Waals surface area contributed by atoms with Gasteiger partial charge in [-0.1, -0.05) is 6.07 Å². The van der Waals surface area contributed by atoms with Gasteiger partial charge in [-0.05, 0) is 30.7 Å². The summed E-state index contributed by atoms with van der Waals surface area (Å²) < 4.78 is 2.17. The van der Waals surface area contributed by atoms with Crippen LogP contribution in [-0.2, 0) is 13.1 Å². The van der Waals surface area contributed by atoms with E-state index in [0.717, 1.165) is 36.0 Å². The molecule has 3 aromatic rings. The van der Waals surface area contributed by atoms with Crippen LogP contribution in [-0.4, -0.2) is 49.4 Å². The zero-order valence-electron chi connectivity index (χ0n) is 15.2. The van der Waals surface area contributed by atoms with Crippen LogP contribution in [0.4, 0.5) is 0 Å². The van der Waals surface area contributed by atoms with Crippen LogP contribution in [0.15, 0.2) is 48.2 Å². The van der Waals surface area contributed by atoms with E-state index in [1.54, 1.807) is 17.5 Å². The summed E-state index contributed by atoms with van der Waals surface area (Å²) in [5.74, 6) is 0.107. The quantitative estimate of drug-likeness (QED) is 0.699. The number of amides is 1. The van der Waals surface area contributed by atoms with Crippen LogP contribution in [0, 0.1) is 6.92 Å². The lowest BCUT2D eigenvalue weighted by atomic mass is 10.1. The van der Waals surface area contributed by atoms with Crippen molar-refractivity contribution < 1.29 is 4.79 Å². The van der Waals surface area contributed by atoms with Gasteiger partial charge < -0.3 is 9.47 Å². The van der Waals surface area contributed by atoms with E-state index in [1.807, 2.05) is 42.4 Å². The highest BCUT2D eigenvalue weighted by Crippen LogP contribution is 2.35. The molecule has 0 aromatic carbocycles. The Kier molecular flexibility index (Phi) is 4.06. The second-order valence-corrected chi connectivity index (χ2v) is 8.34. The summed E-state index contributed by atoms with van der Waals surface area (Å²) >= 11 is 1.64. The highest BCUT2D eigenvalue weighted by Gasteiger charge is 2.44. The van der Waals surface area contributed by atoms with Crippen molar-refractivity contribution in [2.24, 2.45) is 0 Å². The summed E-state index contributed by atoms with van der Waals surface area (Å²) in [6.45, 7) is 5.24. The van der Waals surface area contributed by atoms with E-state index in [-0.39, 0.29) is 18.0 Å². The molecular weight excluding hydrogens is 358 g/mol. The maximum atomic E-state index is 13.1. The van der Waals surface area contributed by atoms with Gasteiger partial charge in [0.15, 0.2) is 0 Å². The Labute approximate surface area is 162 Å². The summed E-state index contributed by atoms with van der Waals surface area (Å²) in [5, 5.41) is 3.10. The van der Waals surface area contributed by atoms with Crippen LogP contribution in [0.5, 0.6) is 0 Å². The second-order valence-electron chi connectivity index (χ2n) is 7.28. The van der Waals surface area contributed by atoms with Crippen molar-refractivity contribution in [3.63, 3.8) is 0 Å². The molecule has 6 nitrogen and oxygen atoms in total. The fourth-order valence-electron chi connectivity index (χ4n) is 4.31. The van der Waals surface area contributed by atoms with Gasteiger partial charge in [-0.3, -0.25) is 14.7 Å². The minimum atomic E-state index is 0.107. The number of thiazole rings is 1. The molecular formula is C20H21N5OS. The van der Waals surface area contributed by atoms with Crippen molar-refractivity contribution >= 4 is 17.2 Å². The van der Waals surface area contributed by atoms with Crippen molar-refractivity contribution in [3.05, 3.63) is 70.2 Å². The van der Waals surface area contributed by atoms with Gasteiger partial charge in [-0.25, -0.2) is 4.98 Å². The lowest BCUT2D eigenvalue weighted by Crippen LogP contribution is -2.49. The normalized spacial score (nSPS) is 22.1. The van der Waals surface area contributed by atoms with E-state index in [2.05, 4.69) is 30.9 Å². The van der Waals surface area contributed by atoms with Gasteiger partial charge in [-0.15, -0.1) is 11.3 Å². The molecule has 2 atom stereocenters. The fourth-order valence-corrected chi connectivity index (χ4v) is 4.92. The molecule has 0 N–H and O–H groups in total. The lowest BCUT2D eigenvalue weighted by Gasteiger charge is -2.38. The van der Waals surface area contributed by atoms with E-state index in [4.69, 9.17) is 0 Å². The molecule has 27 heavy (non-hydrogen) atoms. The molecule has 3 aromatic heterocycles. The molecule has 5 heterocycles. The number of aryl methyl sites for hydroxylation is 1. The lowest BCUT2D eigenvalue weighted by molar-refractivity contribution is 0.0553. The second kappa shape index (κ2) is 6.58. The standard InChI is InChI=1S/C20H21N5OS/c1-14-22-16(13-27-14)10-25-19-12-23(9-15-4-2-6-21-8-15)11-18(19)24-7-3-5-17(24)20(25)26/h2-8,13,18-19H,9-12H2,1H3/t18-,19-/m1/s1. The van der Waals surface area contributed by atoms with Crippen molar-refractivity contribution in [2.45, 2.75) is 32.1 Å². The average molecular weight is 379 g/mol. The smallest absolute Gasteiger partial charge is 0.271 e. The van der Waals surface area contributed by atoms with Crippen LogP contribution in [0.25, 0.3) is 0 Å². The topological polar surface area (TPSA) is 54.3 Å². The summed E-state index contributed by atoms with van der Waals surface area (Å²) in [5.41, 5.74) is 2.97. The van der Waals surface area contributed by atoms with Crippen LogP contribution in [0.1, 0.15) is 32.8 Å². The zero-order valence-corrected chi connectivity index (χ0v) is 16.0. The van der Waals surface area contributed by atoms with Crippen LogP contribution < -0.4 is 0 Å². The molecule has 0 bridgehead atoms. The molecule has 138 valence electrons. The van der Waals surface area contributed by atoms with E-state index in [1.165, 1.54) is 5.56 Å². The van der Waals surface area contributed by atoms with Crippen molar-refractivity contribution in [3.8, 4) is 0 Å². The number of nitrogens with zero attached hydrogens (tertiary/aromatic N) is 5. The third kappa shape index (κ3) is 2.96. The average Bonchev–Trinajstić information content (AvgIpc) is 3.39. The largest absolute Gasteiger partial charge is 0.337 e. The highest BCUT2D eigenvalue weighted by atomic mass is 32.1. The third-order valence-corrected chi connectivity index (χ3v) is 6.30. The number of fused-ring (bicyclic) bond motifs is 3. The molecule has 2 aliphatic rings. The number of likely N-dealkylation sites (tertiary alicyclic amines) is 1. The first-order valence-corrected chi connectivity index (χ1v) is 10.1. The summed E-state index contributed by atoms with van der Waals surface area (Å²) in [4.78, 5) is 26.4. The SMILES string of the molecule is Cc1nc(CN2C(=O)c3cccn3[C@@H]3CN(Cc4cccnc4)C[C@H]32)cs1. The number of hydrogen-bond donors (Lipinski definition) is 0. The molecule has 7 heteroatoms. The Morgan fingerprint density at radius 1 is 1.19 bits per heavy atom. The Balaban J connectivity index is 1.43. The summed E-state index contributed by atoms with van der Waals surface area (Å²) in [7, 11) is 0. The minimum Gasteiger partial charge on any atom is -0.337 e. The zero-order chi connectivity index (χ0) is 18.4. The third-order valence-electron chi connectivity index (χ3n) is 5.48. The Bertz CT molecular complexity index is 966. The van der Waals surface area contributed by atoms with E-state index in [0.29, 0.717) is 6.54 Å². The number of hydrogen-bond acceptors (Lipinski definition) is 5. The monoisotopic (exact) mass is 379 g/mol. The molecule has 1 amide bonds. The molecule has 0 radical (unpaired) electrons. The number of aromatic nitrogens is 3. The van der Waals surface area contributed by atoms with Crippen molar-refractivity contribution in [2.75, 3.05) is 13.1 Å². The van der Waals surface area contributed by atoms with Crippen LogP contribution in [0.2, 0.25) is 0 Å². The predicted octanol–water partition coefficient (Wildman–Crippen LogP) is 2.73. The minimum absolute atomic E-state index is 0.107. The number of carbonyl (C=O) groups is 1.